The number of esters is 2. The van der Waals surface area contributed by atoms with Gasteiger partial charge in [0.15, 0.2) is 0 Å². The summed E-state index contributed by atoms with van der Waals surface area (Å²) in [5, 5.41) is 0. The molecule has 0 amide bonds. The Morgan fingerprint density at radius 3 is 2.05 bits per heavy atom. The third-order valence-corrected chi connectivity index (χ3v) is 2.21. The molecular weight excluding hydrogens is 265 g/mol. The van der Waals surface area contributed by atoms with Crippen LogP contribution >= 0.6 is 0 Å². The van der Waals surface area contributed by atoms with Crippen molar-refractivity contribution in [3.8, 4) is 0 Å². The zero-order valence-electron chi connectivity index (χ0n) is 10.9. The van der Waals surface area contributed by atoms with Crippen molar-refractivity contribution >= 4 is 11.9 Å². The molecule has 0 rings (SSSR count). The fraction of sp³-hybridized carbons (Fsp3) is 0.833. The lowest BCUT2D eigenvalue weighted by atomic mass is 10.2. The van der Waals surface area contributed by atoms with E-state index in [4.69, 9.17) is 4.74 Å². The Morgan fingerprint density at radius 2 is 1.53 bits per heavy atom. The molecule has 0 saturated carbocycles. The van der Waals surface area contributed by atoms with Crippen molar-refractivity contribution < 1.29 is 32.2 Å². The monoisotopic (exact) mass is 284 g/mol. The first-order chi connectivity index (χ1) is 8.85. The quantitative estimate of drug-likeness (QED) is 0.482. The van der Waals surface area contributed by atoms with Gasteiger partial charge in [-0.2, -0.15) is 13.2 Å². The molecule has 4 nitrogen and oxygen atoms in total. The maximum Gasteiger partial charge on any atom is 0.389 e. The number of hydrogen-bond donors (Lipinski definition) is 0. The van der Waals surface area contributed by atoms with Crippen LogP contribution in [0.25, 0.3) is 0 Å². The summed E-state index contributed by atoms with van der Waals surface area (Å²) in [6.07, 6.45) is -4.28. The summed E-state index contributed by atoms with van der Waals surface area (Å²) in [6.45, 7) is 2.00. The lowest BCUT2D eigenvalue weighted by Gasteiger charge is -2.06. The Bertz CT molecular complexity index is 277. The number of halogens is 3. The minimum absolute atomic E-state index is 0.0316. The minimum Gasteiger partial charge on any atom is -0.466 e. The summed E-state index contributed by atoms with van der Waals surface area (Å²) in [5.74, 6) is -1.01. The highest BCUT2D eigenvalue weighted by Gasteiger charge is 2.25. The SMILES string of the molecule is CCOC(=O)CCC(=O)OCCCCCC(F)(F)F. The number of alkyl halides is 3. The lowest BCUT2D eigenvalue weighted by Crippen LogP contribution is -2.11. The van der Waals surface area contributed by atoms with E-state index in [9.17, 15) is 22.8 Å². The summed E-state index contributed by atoms with van der Waals surface area (Å²) >= 11 is 0. The van der Waals surface area contributed by atoms with E-state index >= 15 is 0 Å². The number of hydrogen-bond acceptors (Lipinski definition) is 4. The third-order valence-electron chi connectivity index (χ3n) is 2.21. The van der Waals surface area contributed by atoms with Gasteiger partial charge in [0.05, 0.1) is 26.1 Å². The molecule has 19 heavy (non-hydrogen) atoms. The van der Waals surface area contributed by atoms with Crippen molar-refractivity contribution in [2.24, 2.45) is 0 Å². The molecule has 112 valence electrons. The number of rotatable bonds is 9. The van der Waals surface area contributed by atoms with Crippen LogP contribution in [-0.2, 0) is 19.1 Å². The largest absolute Gasteiger partial charge is 0.466 e. The van der Waals surface area contributed by atoms with Gasteiger partial charge in [-0.05, 0) is 26.2 Å². The van der Waals surface area contributed by atoms with E-state index in [1.807, 2.05) is 0 Å². The predicted octanol–water partition coefficient (Wildman–Crippen LogP) is 3.00. The summed E-state index contributed by atoms with van der Waals surface area (Å²) in [7, 11) is 0. The van der Waals surface area contributed by atoms with Crippen molar-refractivity contribution in [1.82, 2.24) is 0 Å². The Labute approximate surface area is 110 Å². The highest BCUT2D eigenvalue weighted by molar-refractivity contribution is 5.77. The van der Waals surface area contributed by atoms with Gasteiger partial charge in [0.25, 0.3) is 0 Å². The Balaban J connectivity index is 3.41. The summed E-state index contributed by atoms with van der Waals surface area (Å²) in [5.41, 5.74) is 0. The molecule has 0 spiro atoms. The summed E-state index contributed by atoms with van der Waals surface area (Å²) in [4.78, 5) is 22.1. The average molecular weight is 284 g/mol. The second kappa shape index (κ2) is 9.63. The molecule has 0 aliphatic carbocycles. The molecule has 0 fully saturated rings. The van der Waals surface area contributed by atoms with Gasteiger partial charge in [-0.3, -0.25) is 9.59 Å². The van der Waals surface area contributed by atoms with Crippen molar-refractivity contribution in [2.45, 2.75) is 51.6 Å². The van der Waals surface area contributed by atoms with E-state index in [1.54, 1.807) is 6.92 Å². The van der Waals surface area contributed by atoms with Crippen molar-refractivity contribution in [3.63, 3.8) is 0 Å². The minimum atomic E-state index is -4.13. The standard InChI is InChI=1S/C12H19F3O4/c1-2-18-10(16)6-7-11(17)19-9-5-3-4-8-12(13,14)15/h2-9H2,1H3. The van der Waals surface area contributed by atoms with Crippen LogP contribution in [0.5, 0.6) is 0 Å². The van der Waals surface area contributed by atoms with Crippen LogP contribution in [0.1, 0.15) is 45.4 Å². The molecule has 0 aromatic heterocycles. The Kier molecular flexibility index (Phi) is 8.99. The number of ether oxygens (including phenoxy) is 2. The second-order valence-electron chi connectivity index (χ2n) is 3.95. The molecule has 0 radical (unpaired) electrons. The van der Waals surface area contributed by atoms with E-state index < -0.39 is 24.5 Å². The van der Waals surface area contributed by atoms with Crippen molar-refractivity contribution in [2.75, 3.05) is 13.2 Å². The van der Waals surface area contributed by atoms with Crippen molar-refractivity contribution in [3.05, 3.63) is 0 Å². The normalized spacial score (nSPS) is 11.2. The fourth-order valence-corrected chi connectivity index (χ4v) is 1.30. The maximum atomic E-state index is 11.8. The van der Waals surface area contributed by atoms with Crippen LogP contribution in [-0.4, -0.2) is 31.3 Å². The van der Waals surface area contributed by atoms with E-state index in [-0.39, 0.29) is 32.5 Å². The highest BCUT2D eigenvalue weighted by Crippen LogP contribution is 2.22. The first-order valence-electron chi connectivity index (χ1n) is 6.23. The Morgan fingerprint density at radius 1 is 0.947 bits per heavy atom. The molecule has 0 N–H and O–H groups in total. The Hall–Kier alpha value is -1.27. The molecule has 0 aromatic carbocycles. The fourth-order valence-electron chi connectivity index (χ4n) is 1.30. The van der Waals surface area contributed by atoms with E-state index in [0.29, 0.717) is 12.8 Å². The van der Waals surface area contributed by atoms with E-state index in [0.717, 1.165) is 0 Å². The zero-order chi connectivity index (χ0) is 14.7. The first kappa shape index (κ1) is 17.7. The van der Waals surface area contributed by atoms with Gasteiger partial charge in [0, 0.05) is 6.42 Å². The molecule has 0 atom stereocenters. The van der Waals surface area contributed by atoms with Gasteiger partial charge in [-0.1, -0.05) is 0 Å². The smallest absolute Gasteiger partial charge is 0.389 e. The molecule has 0 aliphatic heterocycles. The molecular formula is C12H19F3O4. The van der Waals surface area contributed by atoms with Crippen LogP contribution in [0.4, 0.5) is 13.2 Å². The molecule has 7 heteroatoms. The molecule has 0 bridgehead atoms. The van der Waals surface area contributed by atoms with Crippen LogP contribution in [0.3, 0.4) is 0 Å². The van der Waals surface area contributed by atoms with Gasteiger partial charge in [0.2, 0.25) is 0 Å². The van der Waals surface area contributed by atoms with Gasteiger partial charge in [-0.25, -0.2) is 0 Å². The lowest BCUT2D eigenvalue weighted by molar-refractivity contribution is -0.150. The zero-order valence-corrected chi connectivity index (χ0v) is 10.9. The predicted molar refractivity (Wildman–Crippen MR) is 61.3 cm³/mol. The molecule has 0 heterocycles. The van der Waals surface area contributed by atoms with Gasteiger partial charge < -0.3 is 9.47 Å². The number of unbranched alkanes of at least 4 members (excludes halogenated alkanes) is 2. The summed E-state index contributed by atoms with van der Waals surface area (Å²) in [6, 6.07) is 0. The molecule has 0 unspecified atom stereocenters. The topological polar surface area (TPSA) is 52.6 Å². The van der Waals surface area contributed by atoms with Crippen LogP contribution in [0.15, 0.2) is 0 Å². The number of carbonyl (C=O) groups is 2. The third kappa shape index (κ3) is 13.0. The molecule has 0 saturated heterocycles. The average Bonchev–Trinajstić information content (AvgIpc) is 2.30. The van der Waals surface area contributed by atoms with E-state index in [1.165, 1.54) is 0 Å². The summed E-state index contributed by atoms with van der Waals surface area (Å²) < 4.78 is 44.8. The molecule has 0 aliphatic rings. The van der Waals surface area contributed by atoms with Crippen LogP contribution < -0.4 is 0 Å². The van der Waals surface area contributed by atoms with Gasteiger partial charge >= 0.3 is 18.1 Å². The highest BCUT2D eigenvalue weighted by atomic mass is 19.4. The number of carbonyl (C=O) groups excluding carboxylic acids is 2. The van der Waals surface area contributed by atoms with Gasteiger partial charge in [-0.15, -0.1) is 0 Å². The van der Waals surface area contributed by atoms with E-state index in [2.05, 4.69) is 4.74 Å². The van der Waals surface area contributed by atoms with Gasteiger partial charge in [0.1, 0.15) is 0 Å². The van der Waals surface area contributed by atoms with Crippen LogP contribution in [0.2, 0.25) is 0 Å². The van der Waals surface area contributed by atoms with Crippen molar-refractivity contribution in [1.29, 1.82) is 0 Å². The molecule has 0 aromatic rings. The second-order valence-corrected chi connectivity index (χ2v) is 3.95. The van der Waals surface area contributed by atoms with Crippen LogP contribution in [0, 0.1) is 0 Å². The maximum absolute atomic E-state index is 11.8. The first-order valence-corrected chi connectivity index (χ1v) is 6.23.